The second kappa shape index (κ2) is 6.30. The Morgan fingerprint density at radius 2 is 2.00 bits per heavy atom. The van der Waals surface area contributed by atoms with Crippen molar-refractivity contribution in [2.24, 2.45) is 0 Å². The van der Waals surface area contributed by atoms with Crippen LogP contribution in [0.25, 0.3) is 10.8 Å². The Balaban J connectivity index is 1.65. The van der Waals surface area contributed by atoms with Gasteiger partial charge in [0.1, 0.15) is 0 Å². The number of hydrogen-bond donors (Lipinski definition) is 2. The molecule has 5 nitrogen and oxygen atoms in total. The molecule has 0 saturated heterocycles. The molecule has 0 fully saturated rings. The quantitative estimate of drug-likeness (QED) is 0.776. The van der Waals surface area contributed by atoms with Crippen molar-refractivity contribution < 1.29 is 4.79 Å². The Bertz CT molecular complexity index is 762. The highest BCUT2D eigenvalue weighted by Gasteiger charge is 2.09. The Kier molecular flexibility index (Phi) is 4.05. The lowest BCUT2D eigenvalue weighted by molar-refractivity contribution is 0.247. The second-order valence-corrected chi connectivity index (χ2v) is 5.25. The number of carbonyl (C=O) groups is 1. The molecule has 0 saturated carbocycles. The van der Waals surface area contributed by atoms with Crippen molar-refractivity contribution in [1.29, 1.82) is 0 Å². The van der Waals surface area contributed by atoms with Crippen LogP contribution < -0.4 is 10.6 Å². The van der Waals surface area contributed by atoms with E-state index in [1.165, 1.54) is 0 Å². The van der Waals surface area contributed by atoms with Crippen LogP contribution in [0.2, 0.25) is 0 Å². The van der Waals surface area contributed by atoms with Crippen molar-refractivity contribution >= 4 is 22.5 Å². The Hall–Kier alpha value is -2.82. The van der Waals surface area contributed by atoms with Crippen LogP contribution >= 0.6 is 0 Å². The van der Waals surface area contributed by atoms with Crippen molar-refractivity contribution in [3.05, 3.63) is 60.9 Å². The third-order valence-electron chi connectivity index (χ3n) is 3.44. The van der Waals surface area contributed by atoms with Gasteiger partial charge in [-0.05, 0) is 24.4 Å². The van der Waals surface area contributed by atoms with E-state index in [1.54, 1.807) is 10.9 Å². The van der Waals surface area contributed by atoms with Gasteiger partial charge in [-0.1, -0.05) is 36.4 Å². The molecule has 1 atom stereocenters. The number of aromatic nitrogens is 2. The molecule has 3 rings (SSSR count). The van der Waals surface area contributed by atoms with Crippen LogP contribution in [-0.2, 0) is 6.54 Å². The molecular weight excluding hydrogens is 276 g/mol. The van der Waals surface area contributed by atoms with E-state index in [2.05, 4.69) is 15.7 Å². The summed E-state index contributed by atoms with van der Waals surface area (Å²) in [5.74, 6) is 0. The Labute approximate surface area is 128 Å². The zero-order chi connectivity index (χ0) is 15.4. The minimum Gasteiger partial charge on any atom is -0.334 e. The van der Waals surface area contributed by atoms with E-state index in [9.17, 15) is 4.79 Å². The van der Waals surface area contributed by atoms with Crippen LogP contribution in [0.1, 0.15) is 6.92 Å². The summed E-state index contributed by atoms with van der Waals surface area (Å²) in [4.78, 5) is 12.1. The first-order chi connectivity index (χ1) is 10.7. The zero-order valence-corrected chi connectivity index (χ0v) is 12.4. The van der Waals surface area contributed by atoms with Gasteiger partial charge < -0.3 is 10.6 Å². The van der Waals surface area contributed by atoms with E-state index in [0.29, 0.717) is 6.54 Å². The zero-order valence-electron chi connectivity index (χ0n) is 12.4. The lowest BCUT2D eigenvalue weighted by atomic mass is 10.1. The number of fused-ring (bicyclic) bond motifs is 1. The largest absolute Gasteiger partial charge is 0.334 e. The molecule has 0 aliphatic rings. The molecule has 1 heterocycles. The number of amides is 2. The molecule has 5 heteroatoms. The number of benzene rings is 2. The van der Waals surface area contributed by atoms with Crippen LogP contribution in [0.15, 0.2) is 60.9 Å². The predicted octanol–water partition coefficient (Wildman–Crippen LogP) is 3.25. The molecule has 22 heavy (non-hydrogen) atoms. The maximum Gasteiger partial charge on any atom is 0.319 e. The minimum atomic E-state index is -0.212. The standard InChI is InChI=1S/C17H18N4O/c1-13(12-21-11-5-10-18-21)19-17(22)20-16-9-4-7-14-6-2-3-8-15(14)16/h2-11,13H,12H2,1H3,(H2,19,20,22)/t13-/m0/s1. The van der Waals surface area contributed by atoms with E-state index in [4.69, 9.17) is 0 Å². The van der Waals surface area contributed by atoms with Crippen molar-refractivity contribution in [2.75, 3.05) is 5.32 Å². The highest BCUT2D eigenvalue weighted by molar-refractivity contribution is 6.01. The number of nitrogens with zero attached hydrogens (tertiary/aromatic N) is 2. The fourth-order valence-electron chi connectivity index (χ4n) is 2.45. The number of rotatable bonds is 4. The van der Waals surface area contributed by atoms with Gasteiger partial charge in [0.15, 0.2) is 0 Å². The molecule has 3 aromatic rings. The van der Waals surface area contributed by atoms with Gasteiger partial charge in [0.05, 0.1) is 12.2 Å². The molecule has 2 N–H and O–H groups in total. The highest BCUT2D eigenvalue weighted by atomic mass is 16.2. The normalized spacial score (nSPS) is 12.0. The first-order valence-electron chi connectivity index (χ1n) is 7.25. The second-order valence-electron chi connectivity index (χ2n) is 5.25. The summed E-state index contributed by atoms with van der Waals surface area (Å²) in [7, 11) is 0. The van der Waals surface area contributed by atoms with E-state index >= 15 is 0 Å². The molecule has 0 bridgehead atoms. The average Bonchev–Trinajstić information content (AvgIpc) is 3.00. The highest BCUT2D eigenvalue weighted by Crippen LogP contribution is 2.22. The first-order valence-corrected chi connectivity index (χ1v) is 7.25. The summed E-state index contributed by atoms with van der Waals surface area (Å²) >= 11 is 0. The van der Waals surface area contributed by atoms with Gasteiger partial charge in [-0.3, -0.25) is 4.68 Å². The van der Waals surface area contributed by atoms with E-state index in [0.717, 1.165) is 16.5 Å². The Morgan fingerprint density at radius 1 is 1.18 bits per heavy atom. The molecule has 0 aliphatic carbocycles. The minimum absolute atomic E-state index is 0.0186. The Morgan fingerprint density at radius 3 is 2.82 bits per heavy atom. The first kappa shape index (κ1) is 14.1. The number of hydrogen-bond acceptors (Lipinski definition) is 2. The summed E-state index contributed by atoms with van der Waals surface area (Å²) in [5, 5.41) is 12.1. The lowest BCUT2D eigenvalue weighted by Gasteiger charge is -2.15. The van der Waals surface area contributed by atoms with E-state index in [1.807, 2.05) is 61.7 Å². The van der Waals surface area contributed by atoms with Crippen molar-refractivity contribution in [2.45, 2.75) is 19.5 Å². The van der Waals surface area contributed by atoms with E-state index in [-0.39, 0.29) is 12.1 Å². The fourth-order valence-corrected chi connectivity index (χ4v) is 2.45. The van der Waals surface area contributed by atoms with Crippen LogP contribution in [0.4, 0.5) is 10.5 Å². The maximum atomic E-state index is 12.1. The molecule has 0 spiro atoms. The number of urea groups is 1. The summed E-state index contributed by atoms with van der Waals surface area (Å²) in [6.07, 6.45) is 3.60. The fraction of sp³-hybridized carbons (Fsp3) is 0.176. The molecule has 112 valence electrons. The summed E-state index contributed by atoms with van der Waals surface area (Å²) in [6, 6.07) is 15.5. The number of nitrogens with one attached hydrogen (secondary N) is 2. The molecule has 0 unspecified atom stereocenters. The smallest absolute Gasteiger partial charge is 0.319 e. The SMILES string of the molecule is C[C@@H](Cn1cccn1)NC(=O)Nc1cccc2ccccc12. The third-order valence-corrected chi connectivity index (χ3v) is 3.44. The summed E-state index contributed by atoms with van der Waals surface area (Å²) < 4.78 is 1.79. The monoisotopic (exact) mass is 294 g/mol. The van der Waals surface area contributed by atoms with Crippen LogP contribution in [0.3, 0.4) is 0 Å². The van der Waals surface area contributed by atoms with Gasteiger partial charge in [0.2, 0.25) is 0 Å². The van der Waals surface area contributed by atoms with Gasteiger partial charge in [0, 0.05) is 23.8 Å². The average molecular weight is 294 g/mol. The van der Waals surface area contributed by atoms with Crippen LogP contribution in [-0.4, -0.2) is 21.9 Å². The molecular formula is C17H18N4O. The predicted molar refractivity (Wildman–Crippen MR) is 87.8 cm³/mol. The molecule has 0 radical (unpaired) electrons. The van der Waals surface area contributed by atoms with Gasteiger partial charge >= 0.3 is 6.03 Å². The summed E-state index contributed by atoms with van der Waals surface area (Å²) in [6.45, 7) is 2.58. The topological polar surface area (TPSA) is 59.0 Å². The van der Waals surface area contributed by atoms with Gasteiger partial charge in [-0.15, -0.1) is 0 Å². The van der Waals surface area contributed by atoms with E-state index < -0.39 is 0 Å². The summed E-state index contributed by atoms with van der Waals surface area (Å²) in [5.41, 5.74) is 0.807. The van der Waals surface area contributed by atoms with Crippen LogP contribution in [0, 0.1) is 0 Å². The van der Waals surface area contributed by atoms with Crippen LogP contribution in [0.5, 0.6) is 0 Å². The molecule has 2 aromatic carbocycles. The number of anilines is 1. The molecule has 0 aliphatic heterocycles. The van der Waals surface area contributed by atoms with Gasteiger partial charge in [-0.25, -0.2) is 4.79 Å². The van der Waals surface area contributed by atoms with Gasteiger partial charge in [-0.2, -0.15) is 5.10 Å². The van der Waals surface area contributed by atoms with Gasteiger partial charge in [0.25, 0.3) is 0 Å². The third kappa shape index (κ3) is 3.25. The van der Waals surface area contributed by atoms with Crippen molar-refractivity contribution in [3.63, 3.8) is 0 Å². The lowest BCUT2D eigenvalue weighted by Crippen LogP contribution is -2.38. The maximum absolute atomic E-state index is 12.1. The van der Waals surface area contributed by atoms with Crippen molar-refractivity contribution in [3.8, 4) is 0 Å². The molecule has 1 aromatic heterocycles. The van der Waals surface area contributed by atoms with Crippen molar-refractivity contribution in [1.82, 2.24) is 15.1 Å². The number of carbonyl (C=O) groups excluding carboxylic acids is 1. The molecule has 2 amide bonds.